The van der Waals surface area contributed by atoms with Crippen LogP contribution in [0.15, 0.2) is 60.1 Å². The number of nitrogens with zero attached hydrogens (tertiary/aromatic N) is 2. The van der Waals surface area contributed by atoms with Crippen LogP contribution in [0, 0.1) is 0 Å². The minimum Gasteiger partial charge on any atom is -0.503 e. The number of anilines is 2. The minimum atomic E-state index is -0.763. The second-order valence-corrected chi connectivity index (χ2v) is 6.13. The van der Waals surface area contributed by atoms with Crippen LogP contribution in [0.5, 0.6) is 0 Å². The first-order chi connectivity index (χ1) is 12.9. The Morgan fingerprint density at radius 3 is 2.56 bits per heavy atom. The van der Waals surface area contributed by atoms with Crippen LogP contribution in [0.1, 0.15) is 31.9 Å². The number of amides is 2. The number of aromatic nitrogens is 1. The van der Waals surface area contributed by atoms with Crippen LogP contribution >= 0.6 is 0 Å². The zero-order valence-electron chi connectivity index (χ0n) is 15.0. The lowest BCUT2D eigenvalue weighted by Gasteiger charge is -2.27. The van der Waals surface area contributed by atoms with E-state index in [2.05, 4.69) is 10.3 Å². The molecule has 3 rings (SSSR count). The Labute approximate surface area is 156 Å². The molecule has 138 valence electrons. The van der Waals surface area contributed by atoms with Gasteiger partial charge in [-0.2, -0.15) is 0 Å². The number of carbonyl (C=O) groups is 3. The van der Waals surface area contributed by atoms with E-state index in [0.717, 1.165) is 0 Å². The van der Waals surface area contributed by atoms with Crippen LogP contribution in [-0.2, 0) is 14.4 Å². The Morgan fingerprint density at radius 2 is 1.93 bits per heavy atom. The molecule has 7 heteroatoms. The number of aliphatic hydroxyl groups is 1. The zero-order chi connectivity index (χ0) is 19.6. The predicted molar refractivity (Wildman–Crippen MR) is 100 cm³/mol. The summed E-state index contributed by atoms with van der Waals surface area (Å²) in [5, 5.41) is 13.1. The molecule has 27 heavy (non-hydrogen) atoms. The summed E-state index contributed by atoms with van der Waals surface area (Å²) in [6.45, 7) is 3.07. The van der Waals surface area contributed by atoms with Crippen molar-refractivity contribution in [3.05, 3.63) is 65.7 Å². The highest BCUT2D eigenvalue weighted by atomic mass is 16.3. The number of aliphatic hydroxyl groups excluding tert-OH is 1. The second-order valence-electron chi connectivity index (χ2n) is 6.13. The molecule has 2 aromatic rings. The zero-order valence-corrected chi connectivity index (χ0v) is 15.0. The lowest BCUT2D eigenvalue weighted by molar-refractivity contribution is -0.118. The third-order valence-electron chi connectivity index (χ3n) is 4.30. The number of nitrogens with one attached hydrogen (secondary N) is 1. The van der Waals surface area contributed by atoms with Gasteiger partial charge in [-0.05, 0) is 35.9 Å². The summed E-state index contributed by atoms with van der Waals surface area (Å²) >= 11 is 0. The third kappa shape index (κ3) is 3.44. The molecule has 1 aromatic carbocycles. The van der Waals surface area contributed by atoms with Gasteiger partial charge >= 0.3 is 0 Å². The fraction of sp³-hybridized carbons (Fsp3) is 0.200. The maximum absolute atomic E-state index is 12.8. The summed E-state index contributed by atoms with van der Waals surface area (Å²) in [5.41, 5.74) is 1.69. The normalized spacial score (nSPS) is 16.6. The van der Waals surface area contributed by atoms with E-state index < -0.39 is 17.7 Å². The van der Waals surface area contributed by atoms with E-state index in [1.165, 1.54) is 11.8 Å². The van der Waals surface area contributed by atoms with Crippen LogP contribution in [0.2, 0.25) is 0 Å². The van der Waals surface area contributed by atoms with Gasteiger partial charge in [0.25, 0.3) is 5.91 Å². The first-order valence-corrected chi connectivity index (χ1v) is 8.51. The van der Waals surface area contributed by atoms with Gasteiger partial charge in [-0.3, -0.25) is 24.3 Å². The largest absolute Gasteiger partial charge is 0.503 e. The van der Waals surface area contributed by atoms with Gasteiger partial charge in [0, 0.05) is 37.1 Å². The lowest BCUT2D eigenvalue weighted by atomic mass is 9.95. The van der Waals surface area contributed by atoms with Gasteiger partial charge in [0.1, 0.15) is 0 Å². The molecular formula is C20H19N3O4. The van der Waals surface area contributed by atoms with Gasteiger partial charge in [0.05, 0.1) is 11.6 Å². The molecule has 1 atom stereocenters. The fourth-order valence-electron chi connectivity index (χ4n) is 3.14. The van der Waals surface area contributed by atoms with Crippen molar-refractivity contribution in [1.29, 1.82) is 0 Å². The molecule has 0 bridgehead atoms. The van der Waals surface area contributed by atoms with Gasteiger partial charge in [-0.1, -0.05) is 13.0 Å². The van der Waals surface area contributed by atoms with E-state index >= 15 is 0 Å². The summed E-state index contributed by atoms with van der Waals surface area (Å²) in [6, 6.07) is 9.32. The van der Waals surface area contributed by atoms with E-state index in [9.17, 15) is 19.5 Å². The van der Waals surface area contributed by atoms with E-state index in [1.807, 2.05) is 0 Å². The molecule has 1 aliphatic heterocycles. The molecule has 2 amide bonds. The van der Waals surface area contributed by atoms with Crippen molar-refractivity contribution in [1.82, 2.24) is 4.98 Å². The van der Waals surface area contributed by atoms with Gasteiger partial charge in [0.15, 0.2) is 11.5 Å². The van der Waals surface area contributed by atoms with Gasteiger partial charge < -0.3 is 10.4 Å². The van der Waals surface area contributed by atoms with Crippen molar-refractivity contribution in [3.63, 3.8) is 0 Å². The fourth-order valence-corrected chi connectivity index (χ4v) is 3.14. The molecule has 1 aliphatic rings. The third-order valence-corrected chi connectivity index (χ3v) is 4.30. The summed E-state index contributed by atoms with van der Waals surface area (Å²) in [5.74, 6) is -1.75. The maximum atomic E-state index is 12.8. The van der Waals surface area contributed by atoms with Crippen molar-refractivity contribution in [3.8, 4) is 0 Å². The maximum Gasteiger partial charge on any atom is 0.294 e. The van der Waals surface area contributed by atoms with E-state index in [-0.39, 0.29) is 23.7 Å². The molecule has 0 spiro atoms. The van der Waals surface area contributed by atoms with Crippen LogP contribution in [-0.4, -0.2) is 27.7 Å². The first-order valence-electron chi connectivity index (χ1n) is 8.51. The number of ketones is 1. The number of hydrogen-bond acceptors (Lipinski definition) is 5. The van der Waals surface area contributed by atoms with Crippen molar-refractivity contribution < 1.29 is 19.5 Å². The molecule has 0 saturated heterocycles. The van der Waals surface area contributed by atoms with E-state index in [4.69, 9.17) is 0 Å². The molecule has 1 aromatic heterocycles. The Kier molecular flexibility index (Phi) is 5.03. The van der Waals surface area contributed by atoms with Gasteiger partial charge in [-0.15, -0.1) is 0 Å². The minimum absolute atomic E-state index is 0.0682. The van der Waals surface area contributed by atoms with Crippen molar-refractivity contribution in [2.24, 2.45) is 0 Å². The topological polar surface area (TPSA) is 99.6 Å². The molecule has 2 heterocycles. The van der Waals surface area contributed by atoms with Crippen LogP contribution in [0.3, 0.4) is 0 Å². The van der Waals surface area contributed by atoms with Gasteiger partial charge in [0.2, 0.25) is 5.91 Å². The highest BCUT2D eigenvalue weighted by Gasteiger charge is 2.43. The van der Waals surface area contributed by atoms with Crippen LogP contribution < -0.4 is 10.2 Å². The number of Topliss-reactive ketones (excluding diaryl/α,β-unsaturated/α-hetero) is 1. The number of rotatable bonds is 5. The monoisotopic (exact) mass is 365 g/mol. The first kappa shape index (κ1) is 18.3. The Balaban J connectivity index is 2.13. The van der Waals surface area contributed by atoms with Gasteiger partial charge in [-0.25, -0.2) is 0 Å². The van der Waals surface area contributed by atoms with Crippen LogP contribution in [0.25, 0.3) is 0 Å². The molecule has 7 nitrogen and oxygen atoms in total. The molecule has 2 N–H and O–H groups in total. The molecular weight excluding hydrogens is 346 g/mol. The molecule has 0 saturated carbocycles. The van der Waals surface area contributed by atoms with Crippen molar-refractivity contribution >= 4 is 29.0 Å². The molecule has 0 aliphatic carbocycles. The van der Waals surface area contributed by atoms with Crippen molar-refractivity contribution in [2.45, 2.75) is 26.3 Å². The van der Waals surface area contributed by atoms with E-state index in [0.29, 0.717) is 16.9 Å². The predicted octanol–water partition coefficient (Wildman–Crippen LogP) is 2.92. The highest BCUT2D eigenvalue weighted by Crippen LogP contribution is 2.41. The summed E-state index contributed by atoms with van der Waals surface area (Å²) in [4.78, 5) is 42.0. The average molecular weight is 365 g/mol. The lowest BCUT2D eigenvalue weighted by Crippen LogP contribution is -2.31. The second kappa shape index (κ2) is 7.41. The van der Waals surface area contributed by atoms with Crippen LogP contribution in [0.4, 0.5) is 11.4 Å². The smallest absolute Gasteiger partial charge is 0.294 e. The summed E-state index contributed by atoms with van der Waals surface area (Å²) < 4.78 is 0. The summed E-state index contributed by atoms with van der Waals surface area (Å²) in [7, 11) is 0. The highest BCUT2D eigenvalue weighted by molar-refractivity contribution is 6.16. The standard InChI is InChI=1S/C20H19N3O4/c1-3-16(25)17-18(13-7-9-21-10-8-13)23(20(27)19(17)26)15-6-4-5-14(11-15)22-12(2)24/h4-11,18,26H,3H2,1-2H3,(H,22,24). The van der Waals surface area contributed by atoms with Crippen molar-refractivity contribution in [2.75, 3.05) is 10.2 Å². The Hall–Kier alpha value is -3.48. The quantitative estimate of drug-likeness (QED) is 0.849. The number of benzene rings is 1. The number of hydrogen-bond donors (Lipinski definition) is 2. The number of carbonyl (C=O) groups excluding carboxylic acids is 3. The molecule has 0 fully saturated rings. The molecule has 0 radical (unpaired) electrons. The SMILES string of the molecule is CCC(=O)C1=C(O)C(=O)N(c2cccc(NC(C)=O)c2)C1c1ccncc1. The van der Waals surface area contributed by atoms with E-state index in [1.54, 1.807) is 55.7 Å². The average Bonchev–Trinajstić information content (AvgIpc) is 2.93. The number of pyridine rings is 1. The Bertz CT molecular complexity index is 937. The Morgan fingerprint density at radius 1 is 1.22 bits per heavy atom. The summed E-state index contributed by atoms with van der Waals surface area (Å²) in [6.07, 6.45) is 3.29. The molecule has 1 unspecified atom stereocenters.